The molecule has 0 heterocycles. The van der Waals surface area contributed by atoms with Crippen LogP contribution in [0.3, 0.4) is 0 Å². The molecule has 0 spiro atoms. The number of aliphatic hydroxyl groups is 1. The molecule has 0 aliphatic carbocycles. The molecule has 0 aliphatic heterocycles. The third-order valence-corrected chi connectivity index (χ3v) is 4.19. The molecule has 0 fully saturated rings. The smallest absolute Gasteiger partial charge is 0.212 e. The Kier molecular flexibility index (Phi) is 6.10. The van der Waals surface area contributed by atoms with E-state index in [0.717, 1.165) is 0 Å². The maximum Gasteiger partial charge on any atom is 0.212 e. The van der Waals surface area contributed by atoms with E-state index < -0.39 is 21.7 Å². The van der Waals surface area contributed by atoms with Gasteiger partial charge in [0.25, 0.3) is 0 Å². The van der Waals surface area contributed by atoms with Crippen molar-refractivity contribution in [2.24, 2.45) is 0 Å². The Hall–Kier alpha value is 0.160. The summed E-state index contributed by atoms with van der Waals surface area (Å²) in [5.41, 5.74) is -0.834. The quantitative estimate of drug-likeness (QED) is 0.530. The molecule has 0 saturated carbocycles. The van der Waals surface area contributed by atoms with Gasteiger partial charge in [-0.3, -0.25) is 0 Å². The summed E-state index contributed by atoms with van der Waals surface area (Å²) in [6.07, 6.45) is 0.479. The van der Waals surface area contributed by atoms with Crippen LogP contribution in [0.25, 0.3) is 0 Å². The summed E-state index contributed by atoms with van der Waals surface area (Å²) in [6.45, 7) is 4.86. The first kappa shape index (κ1) is 15.2. The summed E-state index contributed by atoms with van der Waals surface area (Å²) in [5.74, 6) is 0.519. The van der Waals surface area contributed by atoms with Gasteiger partial charge in [0.05, 0.1) is 17.4 Å². The summed E-state index contributed by atoms with van der Waals surface area (Å²) in [5, 5.41) is 9.37. The van der Waals surface area contributed by atoms with Crippen molar-refractivity contribution in [3.8, 4) is 0 Å². The van der Waals surface area contributed by atoms with Crippen LogP contribution >= 0.6 is 11.6 Å². The number of hydrogen-bond donors (Lipinski definition) is 2. The second-order valence-electron chi connectivity index (χ2n) is 4.21. The van der Waals surface area contributed by atoms with Gasteiger partial charge in [-0.2, -0.15) is 0 Å². The summed E-state index contributed by atoms with van der Waals surface area (Å²) >= 11 is 5.46. The average molecular weight is 258 g/mol. The third kappa shape index (κ3) is 6.35. The van der Waals surface area contributed by atoms with Crippen molar-refractivity contribution in [1.82, 2.24) is 4.72 Å². The summed E-state index contributed by atoms with van der Waals surface area (Å²) < 4.78 is 25.6. The number of aliphatic hydroxyl groups excluding tert-OH is 1. The minimum Gasteiger partial charge on any atom is -0.391 e. The molecule has 6 heteroatoms. The lowest BCUT2D eigenvalue weighted by atomic mass is 10.0. The highest BCUT2D eigenvalue weighted by atomic mass is 35.5. The Morgan fingerprint density at radius 1 is 1.40 bits per heavy atom. The van der Waals surface area contributed by atoms with Crippen molar-refractivity contribution in [2.75, 3.05) is 11.6 Å². The van der Waals surface area contributed by atoms with Crippen molar-refractivity contribution >= 4 is 21.6 Å². The molecule has 0 aliphatic rings. The van der Waals surface area contributed by atoms with Gasteiger partial charge in [-0.25, -0.2) is 13.1 Å². The van der Waals surface area contributed by atoms with E-state index in [2.05, 4.69) is 4.72 Å². The van der Waals surface area contributed by atoms with Crippen LogP contribution < -0.4 is 4.72 Å². The number of nitrogens with one attached hydrogen (secondary N) is 1. The third-order valence-electron chi connectivity index (χ3n) is 2.26. The SMILES string of the molecule is CC(O)C(C)(C)NS(=O)(=O)CCCCCl. The van der Waals surface area contributed by atoms with E-state index in [0.29, 0.717) is 18.7 Å². The topological polar surface area (TPSA) is 66.4 Å². The standard InChI is InChI=1S/C9H20ClNO3S/c1-8(12)9(2,3)11-15(13,14)7-5-4-6-10/h8,11-12H,4-7H2,1-3H3. The fraction of sp³-hybridized carbons (Fsp3) is 1.00. The lowest BCUT2D eigenvalue weighted by molar-refractivity contribution is 0.111. The lowest BCUT2D eigenvalue weighted by Crippen LogP contribution is -2.51. The number of alkyl halides is 1. The molecule has 2 N–H and O–H groups in total. The maximum absolute atomic E-state index is 11.6. The highest BCUT2D eigenvalue weighted by Crippen LogP contribution is 2.11. The fourth-order valence-corrected chi connectivity index (χ4v) is 2.77. The Balaban J connectivity index is 4.26. The van der Waals surface area contributed by atoms with Gasteiger partial charge in [0.2, 0.25) is 10.0 Å². The van der Waals surface area contributed by atoms with Crippen LogP contribution in [0.15, 0.2) is 0 Å². The number of sulfonamides is 1. The Morgan fingerprint density at radius 3 is 2.33 bits per heavy atom. The van der Waals surface area contributed by atoms with Crippen molar-refractivity contribution in [2.45, 2.75) is 45.3 Å². The van der Waals surface area contributed by atoms with Crippen molar-refractivity contribution < 1.29 is 13.5 Å². The Labute approximate surface area is 97.1 Å². The summed E-state index contributed by atoms with van der Waals surface area (Å²) in [7, 11) is -3.33. The maximum atomic E-state index is 11.6. The van der Waals surface area contributed by atoms with Gasteiger partial charge < -0.3 is 5.11 Å². The van der Waals surface area contributed by atoms with Crippen LogP contribution in [-0.2, 0) is 10.0 Å². The molecule has 0 aromatic heterocycles. The molecule has 1 atom stereocenters. The highest BCUT2D eigenvalue weighted by molar-refractivity contribution is 7.89. The fourth-order valence-electron chi connectivity index (χ4n) is 0.924. The first-order valence-electron chi connectivity index (χ1n) is 4.97. The number of unbranched alkanes of at least 4 members (excludes halogenated alkanes) is 1. The molecule has 0 radical (unpaired) electrons. The highest BCUT2D eigenvalue weighted by Gasteiger charge is 2.28. The van der Waals surface area contributed by atoms with E-state index in [1.165, 1.54) is 0 Å². The van der Waals surface area contributed by atoms with Crippen LogP contribution in [-0.4, -0.2) is 36.8 Å². The van der Waals surface area contributed by atoms with Gasteiger partial charge in [-0.15, -0.1) is 11.6 Å². The minimum absolute atomic E-state index is 0.0515. The molecule has 0 rings (SSSR count). The largest absolute Gasteiger partial charge is 0.391 e. The predicted molar refractivity (Wildman–Crippen MR) is 62.6 cm³/mol. The van der Waals surface area contributed by atoms with Gasteiger partial charge in [-0.1, -0.05) is 0 Å². The van der Waals surface area contributed by atoms with Crippen LogP contribution in [0.2, 0.25) is 0 Å². The molecule has 4 nitrogen and oxygen atoms in total. The average Bonchev–Trinajstić information content (AvgIpc) is 2.01. The lowest BCUT2D eigenvalue weighted by Gasteiger charge is -2.28. The zero-order valence-corrected chi connectivity index (χ0v) is 11.0. The van der Waals surface area contributed by atoms with Crippen LogP contribution in [0.4, 0.5) is 0 Å². The van der Waals surface area contributed by atoms with Crippen LogP contribution in [0.1, 0.15) is 33.6 Å². The van der Waals surface area contributed by atoms with Crippen LogP contribution in [0.5, 0.6) is 0 Å². The molecule has 0 aromatic rings. The van der Waals surface area contributed by atoms with Crippen LogP contribution in [0, 0.1) is 0 Å². The van der Waals surface area contributed by atoms with E-state index in [1.807, 2.05) is 0 Å². The van der Waals surface area contributed by atoms with E-state index in [4.69, 9.17) is 11.6 Å². The van der Waals surface area contributed by atoms with E-state index in [-0.39, 0.29) is 5.75 Å². The Bertz CT molecular complexity index is 275. The molecular weight excluding hydrogens is 238 g/mol. The summed E-state index contributed by atoms with van der Waals surface area (Å²) in [6, 6.07) is 0. The molecular formula is C9H20ClNO3S. The number of hydrogen-bond acceptors (Lipinski definition) is 3. The number of halogens is 1. The molecule has 0 amide bonds. The van der Waals surface area contributed by atoms with Crippen molar-refractivity contribution in [1.29, 1.82) is 0 Å². The number of rotatable bonds is 7. The monoisotopic (exact) mass is 257 g/mol. The molecule has 0 aromatic carbocycles. The first-order valence-corrected chi connectivity index (χ1v) is 7.15. The molecule has 0 bridgehead atoms. The van der Waals surface area contributed by atoms with Crippen molar-refractivity contribution in [3.63, 3.8) is 0 Å². The van der Waals surface area contributed by atoms with E-state index in [1.54, 1.807) is 20.8 Å². The second kappa shape index (κ2) is 6.03. The zero-order valence-electron chi connectivity index (χ0n) is 9.46. The predicted octanol–water partition coefficient (Wildman–Crippen LogP) is 1.08. The summed E-state index contributed by atoms with van der Waals surface area (Å²) in [4.78, 5) is 0. The van der Waals surface area contributed by atoms with Gasteiger partial charge in [-0.05, 0) is 33.6 Å². The van der Waals surface area contributed by atoms with Gasteiger partial charge >= 0.3 is 0 Å². The molecule has 92 valence electrons. The second-order valence-corrected chi connectivity index (χ2v) is 6.43. The normalized spacial score (nSPS) is 15.3. The van der Waals surface area contributed by atoms with Gasteiger partial charge in [0.15, 0.2) is 0 Å². The van der Waals surface area contributed by atoms with E-state index >= 15 is 0 Å². The van der Waals surface area contributed by atoms with Gasteiger partial charge in [0, 0.05) is 5.88 Å². The molecule has 0 saturated heterocycles. The Morgan fingerprint density at radius 2 is 1.93 bits per heavy atom. The first-order chi connectivity index (χ1) is 6.71. The zero-order chi connectivity index (χ0) is 12.1. The van der Waals surface area contributed by atoms with Crippen molar-refractivity contribution in [3.05, 3.63) is 0 Å². The van der Waals surface area contributed by atoms with E-state index in [9.17, 15) is 13.5 Å². The molecule has 15 heavy (non-hydrogen) atoms. The minimum atomic E-state index is -3.33. The van der Waals surface area contributed by atoms with Gasteiger partial charge in [0.1, 0.15) is 0 Å². The molecule has 1 unspecified atom stereocenters.